The van der Waals surface area contributed by atoms with Gasteiger partial charge in [-0.05, 0) is 73.9 Å². The Morgan fingerprint density at radius 3 is 2.44 bits per heavy atom. The van der Waals surface area contributed by atoms with Crippen molar-refractivity contribution in [1.82, 2.24) is 0 Å². The van der Waals surface area contributed by atoms with Crippen LogP contribution in [0.2, 0.25) is 0 Å². The molecule has 1 aliphatic rings. The molecule has 4 heteroatoms. The van der Waals surface area contributed by atoms with Crippen LogP contribution in [0.15, 0.2) is 30.3 Å². The third-order valence-corrected chi connectivity index (χ3v) is 4.71. The average Bonchev–Trinajstić information content (AvgIpc) is 3.42. The van der Waals surface area contributed by atoms with E-state index in [9.17, 15) is 4.79 Å². The van der Waals surface area contributed by atoms with Gasteiger partial charge in [-0.15, -0.1) is 0 Å². The summed E-state index contributed by atoms with van der Waals surface area (Å²) in [7, 11) is 1.31. The Morgan fingerprint density at radius 1 is 1.04 bits per heavy atom. The first kappa shape index (κ1) is 17.3. The third kappa shape index (κ3) is 3.95. The molecule has 0 amide bonds. The highest BCUT2D eigenvalue weighted by Crippen LogP contribution is 2.44. The van der Waals surface area contributed by atoms with Crippen LogP contribution in [-0.4, -0.2) is 13.3 Å². The highest BCUT2D eigenvalue weighted by Gasteiger charge is 2.28. The van der Waals surface area contributed by atoms with Crippen molar-refractivity contribution in [3.8, 4) is 11.5 Å². The number of rotatable bonds is 5. The molecule has 25 heavy (non-hydrogen) atoms. The number of aryl methyl sites for hydroxylation is 3. The minimum Gasteiger partial charge on any atom is -0.488 e. The SMILES string of the molecule is COC(=O)Oc1cccc(C2CC2)c1COc1cc(C)c(C)cc1C. The zero-order valence-electron chi connectivity index (χ0n) is 15.2. The number of methoxy groups -OCH3 is 1. The minimum absolute atomic E-state index is 0.363. The summed E-state index contributed by atoms with van der Waals surface area (Å²) in [5.74, 6) is 1.90. The van der Waals surface area contributed by atoms with Gasteiger partial charge in [-0.25, -0.2) is 4.79 Å². The van der Waals surface area contributed by atoms with Crippen molar-refractivity contribution in [2.24, 2.45) is 0 Å². The molecule has 0 atom stereocenters. The van der Waals surface area contributed by atoms with Gasteiger partial charge >= 0.3 is 6.16 Å². The summed E-state index contributed by atoms with van der Waals surface area (Å²) in [4.78, 5) is 11.6. The molecule has 3 rings (SSSR count). The molecule has 0 radical (unpaired) electrons. The monoisotopic (exact) mass is 340 g/mol. The van der Waals surface area contributed by atoms with E-state index in [1.807, 2.05) is 13.0 Å². The summed E-state index contributed by atoms with van der Waals surface area (Å²) < 4.78 is 16.1. The Labute approximate surface area is 148 Å². The van der Waals surface area contributed by atoms with Gasteiger partial charge in [-0.1, -0.05) is 18.2 Å². The summed E-state index contributed by atoms with van der Waals surface area (Å²) in [6.45, 7) is 6.57. The lowest BCUT2D eigenvalue weighted by molar-refractivity contribution is 0.120. The largest absolute Gasteiger partial charge is 0.513 e. The topological polar surface area (TPSA) is 44.8 Å². The van der Waals surface area contributed by atoms with E-state index < -0.39 is 6.16 Å². The van der Waals surface area contributed by atoms with E-state index in [2.05, 4.69) is 36.8 Å². The van der Waals surface area contributed by atoms with Crippen molar-refractivity contribution in [3.05, 3.63) is 58.1 Å². The maximum atomic E-state index is 11.6. The zero-order valence-corrected chi connectivity index (χ0v) is 15.2. The van der Waals surface area contributed by atoms with E-state index in [0.717, 1.165) is 29.7 Å². The number of hydrogen-bond acceptors (Lipinski definition) is 4. The van der Waals surface area contributed by atoms with Crippen molar-refractivity contribution in [3.63, 3.8) is 0 Å². The number of carbonyl (C=O) groups is 1. The van der Waals surface area contributed by atoms with Crippen molar-refractivity contribution >= 4 is 6.16 Å². The number of hydrogen-bond donors (Lipinski definition) is 0. The van der Waals surface area contributed by atoms with Gasteiger partial charge in [0.2, 0.25) is 0 Å². The second kappa shape index (κ2) is 7.18. The molecule has 0 aliphatic heterocycles. The molecule has 2 aromatic rings. The van der Waals surface area contributed by atoms with Gasteiger partial charge in [0.05, 0.1) is 7.11 Å². The van der Waals surface area contributed by atoms with E-state index in [4.69, 9.17) is 9.47 Å². The Hall–Kier alpha value is -2.49. The highest BCUT2D eigenvalue weighted by molar-refractivity contribution is 5.65. The van der Waals surface area contributed by atoms with E-state index in [1.165, 1.54) is 23.8 Å². The van der Waals surface area contributed by atoms with Crippen LogP contribution in [0.4, 0.5) is 4.79 Å². The van der Waals surface area contributed by atoms with Gasteiger partial charge in [0.1, 0.15) is 18.1 Å². The van der Waals surface area contributed by atoms with Crippen molar-refractivity contribution in [1.29, 1.82) is 0 Å². The summed E-state index contributed by atoms with van der Waals surface area (Å²) in [6.07, 6.45) is 1.62. The molecule has 1 aliphatic carbocycles. The van der Waals surface area contributed by atoms with E-state index in [-0.39, 0.29) is 0 Å². The van der Waals surface area contributed by atoms with Crippen LogP contribution in [0.3, 0.4) is 0 Å². The fourth-order valence-electron chi connectivity index (χ4n) is 2.98. The Kier molecular flexibility index (Phi) is 4.98. The van der Waals surface area contributed by atoms with Crippen LogP contribution in [0, 0.1) is 20.8 Å². The Balaban J connectivity index is 1.88. The minimum atomic E-state index is -0.712. The number of benzene rings is 2. The van der Waals surface area contributed by atoms with Gasteiger partial charge in [0.25, 0.3) is 0 Å². The van der Waals surface area contributed by atoms with Gasteiger partial charge in [-0.3, -0.25) is 0 Å². The van der Waals surface area contributed by atoms with Crippen molar-refractivity contribution in [2.45, 2.75) is 46.1 Å². The molecule has 132 valence electrons. The fourth-order valence-corrected chi connectivity index (χ4v) is 2.98. The molecule has 1 fully saturated rings. The summed E-state index contributed by atoms with van der Waals surface area (Å²) in [5, 5.41) is 0. The van der Waals surface area contributed by atoms with Gasteiger partial charge in [0, 0.05) is 5.56 Å². The second-order valence-corrected chi connectivity index (χ2v) is 6.65. The predicted octanol–water partition coefficient (Wildman–Crippen LogP) is 5.21. The molecular weight excluding hydrogens is 316 g/mol. The highest BCUT2D eigenvalue weighted by atomic mass is 16.7. The van der Waals surface area contributed by atoms with Crippen LogP contribution < -0.4 is 9.47 Å². The number of ether oxygens (including phenoxy) is 3. The lowest BCUT2D eigenvalue weighted by atomic mass is 10.0. The maximum Gasteiger partial charge on any atom is 0.513 e. The van der Waals surface area contributed by atoms with E-state index in [1.54, 1.807) is 6.07 Å². The van der Waals surface area contributed by atoms with Gasteiger partial charge in [0.15, 0.2) is 0 Å². The first-order valence-corrected chi connectivity index (χ1v) is 8.57. The molecular formula is C21H24O4. The molecule has 1 saturated carbocycles. The number of carbonyl (C=O) groups excluding carboxylic acids is 1. The Bertz CT molecular complexity index is 791. The zero-order chi connectivity index (χ0) is 18.0. The predicted molar refractivity (Wildman–Crippen MR) is 96.4 cm³/mol. The summed E-state index contributed by atoms with van der Waals surface area (Å²) >= 11 is 0. The van der Waals surface area contributed by atoms with Gasteiger partial charge < -0.3 is 14.2 Å². The smallest absolute Gasteiger partial charge is 0.488 e. The molecule has 0 saturated heterocycles. The van der Waals surface area contributed by atoms with Crippen molar-refractivity contribution in [2.75, 3.05) is 7.11 Å². The quantitative estimate of drug-likeness (QED) is 0.553. The van der Waals surface area contributed by atoms with E-state index >= 15 is 0 Å². The van der Waals surface area contributed by atoms with Crippen LogP contribution in [0.5, 0.6) is 11.5 Å². The molecule has 4 nitrogen and oxygen atoms in total. The molecule has 0 bridgehead atoms. The van der Waals surface area contributed by atoms with Crippen LogP contribution in [-0.2, 0) is 11.3 Å². The van der Waals surface area contributed by atoms with Crippen LogP contribution in [0.1, 0.15) is 46.6 Å². The lowest BCUT2D eigenvalue weighted by Gasteiger charge is -2.16. The lowest BCUT2D eigenvalue weighted by Crippen LogP contribution is -2.11. The van der Waals surface area contributed by atoms with Gasteiger partial charge in [-0.2, -0.15) is 0 Å². The summed E-state index contributed by atoms with van der Waals surface area (Å²) in [6, 6.07) is 9.98. The van der Waals surface area contributed by atoms with E-state index in [0.29, 0.717) is 18.3 Å². The maximum absolute atomic E-state index is 11.6. The molecule has 0 aromatic heterocycles. The first-order valence-electron chi connectivity index (χ1n) is 8.57. The second-order valence-electron chi connectivity index (χ2n) is 6.65. The van der Waals surface area contributed by atoms with Crippen LogP contribution >= 0.6 is 0 Å². The fraction of sp³-hybridized carbons (Fsp3) is 0.381. The molecule has 0 heterocycles. The standard InChI is InChI=1S/C21H24O4/c1-13-10-15(3)20(11-14(13)2)24-12-18-17(16-8-9-16)6-5-7-19(18)25-21(22)23-4/h5-7,10-11,16H,8-9,12H2,1-4H3. The molecule has 0 unspecified atom stereocenters. The average molecular weight is 340 g/mol. The third-order valence-electron chi connectivity index (χ3n) is 4.71. The Morgan fingerprint density at radius 2 is 1.76 bits per heavy atom. The normalized spacial score (nSPS) is 13.4. The molecule has 0 N–H and O–H groups in total. The summed E-state index contributed by atoms with van der Waals surface area (Å²) in [5.41, 5.74) is 5.67. The van der Waals surface area contributed by atoms with Crippen LogP contribution in [0.25, 0.3) is 0 Å². The molecule has 0 spiro atoms. The van der Waals surface area contributed by atoms with Crippen molar-refractivity contribution < 1.29 is 19.0 Å². The first-order chi connectivity index (χ1) is 12.0. The molecule has 2 aromatic carbocycles.